The van der Waals surface area contributed by atoms with E-state index in [0.717, 1.165) is 42.2 Å². The fourth-order valence-corrected chi connectivity index (χ4v) is 2.96. The Balaban J connectivity index is 2.11. The summed E-state index contributed by atoms with van der Waals surface area (Å²) < 4.78 is 10.7. The lowest BCUT2D eigenvalue weighted by Gasteiger charge is -2.28. The number of ether oxygens (including phenoxy) is 2. The van der Waals surface area contributed by atoms with Crippen molar-refractivity contribution in [1.82, 2.24) is 10.6 Å². The van der Waals surface area contributed by atoms with Gasteiger partial charge in [0.25, 0.3) is 0 Å². The van der Waals surface area contributed by atoms with Crippen molar-refractivity contribution in [2.24, 2.45) is 4.99 Å². The molecule has 0 aliphatic heterocycles. The number of guanidine groups is 1. The average Bonchev–Trinajstić information content (AvgIpc) is 3.45. The third-order valence-corrected chi connectivity index (χ3v) is 4.39. The number of methoxy groups -OCH3 is 1. The fourth-order valence-electron chi connectivity index (χ4n) is 2.96. The Labute approximate surface area is 174 Å². The zero-order chi connectivity index (χ0) is 21.4. The average molecular weight is 405 g/mol. The zero-order valence-corrected chi connectivity index (χ0v) is 18.7. The van der Waals surface area contributed by atoms with E-state index in [0.29, 0.717) is 19.7 Å². The quantitative estimate of drug-likeness (QED) is 0.393. The van der Waals surface area contributed by atoms with Crippen LogP contribution in [0.15, 0.2) is 23.2 Å². The monoisotopic (exact) mass is 404 g/mol. The molecule has 2 N–H and O–H groups in total. The van der Waals surface area contributed by atoms with Crippen LogP contribution in [0.5, 0.6) is 0 Å². The van der Waals surface area contributed by atoms with Crippen molar-refractivity contribution in [3.05, 3.63) is 29.3 Å². The van der Waals surface area contributed by atoms with Crippen LogP contribution in [-0.4, -0.2) is 50.5 Å². The lowest BCUT2D eigenvalue weighted by Crippen LogP contribution is -2.39. The summed E-state index contributed by atoms with van der Waals surface area (Å²) in [5.41, 5.74) is 2.55. The number of anilines is 1. The molecule has 1 amide bonds. The summed E-state index contributed by atoms with van der Waals surface area (Å²) in [7, 11) is 1.68. The number of aryl methyl sites for hydroxylation is 1. The Hall–Kier alpha value is -2.28. The van der Waals surface area contributed by atoms with Gasteiger partial charge in [-0.3, -0.25) is 4.90 Å². The molecule has 1 fully saturated rings. The Morgan fingerprint density at radius 1 is 1.28 bits per heavy atom. The maximum Gasteiger partial charge on any atom is 0.415 e. The van der Waals surface area contributed by atoms with Gasteiger partial charge in [-0.25, -0.2) is 9.79 Å². The second kappa shape index (κ2) is 10.5. The molecule has 2 rings (SSSR count). The third kappa shape index (κ3) is 7.57. The maximum atomic E-state index is 12.7. The fraction of sp³-hybridized carbons (Fsp3) is 0.636. The van der Waals surface area contributed by atoms with Crippen LogP contribution in [0.3, 0.4) is 0 Å². The van der Waals surface area contributed by atoms with Crippen LogP contribution in [0, 0.1) is 6.92 Å². The Bertz CT molecular complexity index is 708. The highest BCUT2D eigenvalue weighted by Gasteiger charge is 2.37. The number of carbonyl (C=O) groups excluding carboxylic acids is 1. The van der Waals surface area contributed by atoms with Crippen molar-refractivity contribution in [3.8, 4) is 0 Å². The number of benzene rings is 1. The van der Waals surface area contributed by atoms with Crippen LogP contribution in [0.4, 0.5) is 10.5 Å². The van der Waals surface area contributed by atoms with Crippen molar-refractivity contribution in [2.75, 3.05) is 31.7 Å². The first-order chi connectivity index (χ1) is 13.7. The molecule has 0 spiro atoms. The first-order valence-corrected chi connectivity index (χ1v) is 10.4. The highest BCUT2D eigenvalue weighted by molar-refractivity contribution is 5.90. The van der Waals surface area contributed by atoms with Crippen LogP contribution in [0.2, 0.25) is 0 Å². The molecule has 0 saturated heterocycles. The molecule has 1 saturated carbocycles. The second-order valence-electron chi connectivity index (χ2n) is 8.32. The topological polar surface area (TPSA) is 75.2 Å². The van der Waals surface area contributed by atoms with Gasteiger partial charge in [-0.15, -0.1) is 0 Å². The lowest BCUT2D eigenvalue weighted by atomic mass is 10.1. The molecule has 162 valence electrons. The largest absolute Gasteiger partial charge is 0.443 e. The molecular formula is C22H36N4O3. The summed E-state index contributed by atoms with van der Waals surface area (Å²) >= 11 is 0. The van der Waals surface area contributed by atoms with Crippen molar-refractivity contribution < 1.29 is 14.3 Å². The van der Waals surface area contributed by atoms with Gasteiger partial charge in [0.1, 0.15) is 5.60 Å². The van der Waals surface area contributed by atoms with Gasteiger partial charge in [0.15, 0.2) is 5.96 Å². The second-order valence-corrected chi connectivity index (χ2v) is 8.32. The van der Waals surface area contributed by atoms with Crippen LogP contribution >= 0.6 is 0 Å². The van der Waals surface area contributed by atoms with Crippen molar-refractivity contribution in [2.45, 2.75) is 65.6 Å². The molecule has 1 aliphatic carbocycles. The minimum Gasteiger partial charge on any atom is -0.443 e. The predicted octanol–water partition coefficient (Wildman–Crippen LogP) is 3.60. The normalized spacial score (nSPS) is 14.5. The SMILES string of the molecule is CCNC(=NCc1ccc(N(C(=O)OC(C)(C)C)C2CC2)c(C)c1)NCCOC. The number of nitrogens with zero attached hydrogens (tertiary/aromatic N) is 2. The van der Waals surface area contributed by atoms with E-state index in [4.69, 9.17) is 9.47 Å². The van der Waals surface area contributed by atoms with Crippen LogP contribution < -0.4 is 15.5 Å². The molecule has 0 heterocycles. The number of rotatable bonds is 8. The van der Waals surface area contributed by atoms with Gasteiger partial charge in [-0.2, -0.15) is 0 Å². The first kappa shape index (κ1) is 23.0. The number of amides is 1. The zero-order valence-electron chi connectivity index (χ0n) is 18.7. The maximum absolute atomic E-state index is 12.7. The molecule has 29 heavy (non-hydrogen) atoms. The number of hydrogen-bond donors (Lipinski definition) is 2. The number of aliphatic imine (C=N–C) groups is 1. The van der Waals surface area contributed by atoms with Crippen LogP contribution in [0.25, 0.3) is 0 Å². The first-order valence-electron chi connectivity index (χ1n) is 10.4. The van der Waals surface area contributed by atoms with E-state index in [-0.39, 0.29) is 12.1 Å². The van der Waals surface area contributed by atoms with Crippen LogP contribution in [-0.2, 0) is 16.0 Å². The number of nitrogens with one attached hydrogen (secondary N) is 2. The van der Waals surface area contributed by atoms with Gasteiger partial charge in [0, 0.05) is 26.2 Å². The van der Waals surface area contributed by atoms with Gasteiger partial charge in [0.2, 0.25) is 0 Å². The summed E-state index contributed by atoms with van der Waals surface area (Å²) in [5.74, 6) is 0.764. The molecular weight excluding hydrogens is 368 g/mol. The van der Waals surface area contributed by atoms with Gasteiger partial charge < -0.3 is 20.1 Å². The summed E-state index contributed by atoms with van der Waals surface area (Å²) in [6.45, 7) is 12.4. The Morgan fingerprint density at radius 2 is 2.00 bits per heavy atom. The summed E-state index contributed by atoms with van der Waals surface area (Å²) in [5, 5.41) is 6.47. The highest BCUT2D eigenvalue weighted by atomic mass is 16.6. The minimum atomic E-state index is -0.509. The molecule has 0 bridgehead atoms. The van der Waals surface area contributed by atoms with Crippen molar-refractivity contribution in [3.63, 3.8) is 0 Å². The predicted molar refractivity (Wildman–Crippen MR) is 118 cm³/mol. The highest BCUT2D eigenvalue weighted by Crippen LogP contribution is 2.35. The molecule has 0 aromatic heterocycles. The molecule has 1 aromatic carbocycles. The molecule has 0 unspecified atom stereocenters. The molecule has 1 aliphatic rings. The Morgan fingerprint density at radius 3 is 2.55 bits per heavy atom. The summed E-state index contributed by atoms with van der Waals surface area (Å²) in [4.78, 5) is 19.2. The Kier molecular flexibility index (Phi) is 8.32. The smallest absolute Gasteiger partial charge is 0.415 e. The molecule has 0 radical (unpaired) electrons. The third-order valence-electron chi connectivity index (χ3n) is 4.39. The molecule has 7 nitrogen and oxygen atoms in total. The van der Waals surface area contributed by atoms with Gasteiger partial charge in [0.05, 0.1) is 18.8 Å². The minimum absolute atomic E-state index is 0.234. The van der Waals surface area contributed by atoms with E-state index in [1.165, 1.54) is 0 Å². The van der Waals surface area contributed by atoms with Crippen LogP contribution in [0.1, 0.15) is 51.7 Å². The standard InChI is InChI=1S/C22H36N4O3/c1-7-23-20(24-12-13-28-6)25-15-17-8-11-19(16(2)14-17)26(18-9-10-18)21(27)29-22(3,4)5/h8,11,14,18H,7,9-10,12-13,15H2,1-6H3,(H2,23,24,25). The lowest BCUT2D eigenvalue weighted by molar-refractivity contribution is 0.0577. The van der Waals surface area contributed by atoms with E-state index >= 15 is 0 Å². The van der Waals surface area contributed by atoms with E-state index in [1.54, 1.807) is 7.11 Å². The molecule has 1 aromatic rings. The van der Waals surface area contributed by atoms with Gasteiger partial charge in [-0.1, -0.05) is 12.1 Å². The van der Waals surface area contributed by atoms with E-state index in [2.05, 4.69) is 21.7 Å². The molecule has 7 heteroatoms. The van der Waals surface area contributed by atoms with Crippen molar-refractivity contribution >= 4 is 17.7 Å². The number of carbonyl (C=O) groups is 1. The van der Waals surface area contributed by atoms with Gasteiger partial charge >= 0.3 is 6.09 Å². The van der Waals surface area contributed by atoms with Crippen molar-refractivity contribution in [1.29, 1.82) is 0 Å². The van der Waals surface area contributed by atoms with E-state index in [1.807, 2.05) is 51.7 Å². The van der Waals surface area contributed by atoms with E-state index < -0.39 is 5.60 Å². The van der Waals surface area contributed by atoms with Gasteiger partial charge in [-0.05, 0) is 64.7 Å². The number of hydrogen-bond acceptors (Lipinski definition) is 4. The summed E-state index contributed by atoms with van der Waals surface area (Å²) in [6, 6.07) is 6.37. The summed E-state index contributed by atoms with van der Waals surface area (Å²) in [6.07, 6.45) is 1.76. The van der Waals surface area contributed by atoms with E-state index in [9.17, 15) is 4.79 Å². The molecule has 0 atom stereocenters.